The van der Waals surface area contributed by atoms with Crippen molar-refractivity contribution in [3.8, 4) is 0 Å². The SMILES string of the molecule is CCCCCC(O)/C=C/C1[C@H](O)C[C@H](O)[C@@H]1C/C=C\CCC[P+](=O)O. The van der Waals surface area contributed by atoms with E-state index >= 15 is 0 Å². The van der Waals surface area contributed by atoms with Gasteiger partial charge in [-0.3, -0.25) is 0 Å². The van der Waals surface area contributed by atoms with Crippen LogP contribution in [0.2, 0.25) is 0 Å². The van der Waals surface area contributed by atoms with Crippen molar-refractivity contribution in [1.82, 2.24) is 0 Å². The van der Waals surface area contributed by atoms with Crippen molar-refractivity contribution in [1.29, 1.82) is 0 Å². The molecule has 25 heavy (non-hydrogen) atoms. The topological polar surface area (TPSA) is 98.0 Å². The van der Waals surface area contributed by atoms with Crippen LogP contribution in [0.25, 0.3) is 0 Å². The first kappa shape index (κ1) is 22.5. The molecule has 0 spiro atoms. The number of rotatable bonds is 12. The van der Waals surface area contributed by atoms with Gasteiger partial charge in [0.15, 0.2) is 6.16 Å². The maximum absolute atomic E-state index is 10.6. The van der Waals surface area contributed by atoms with E-state index in [-0.39, 0.29) is 11.8 Å². The van der Waals surface area contributed by atoms with Gasteiger partial charge in [-0.15, -0.1) is 0 Å². The van der Waals surface area contributed by atoms with Gasteiger partial charge in [0.1, 0.15) is 0 Å². The molecular weight excluding hydrogens is 339 g/mol. The summed E-state index contributed by atoms with van der Waals surface area (Å²) in [5, 5.41) is 30.4. The molecule has 0 saturated heterocycles. The molecule has 0 aliphatic heterocycles. The summed E-state index contributed by atoms with van der Waals surface area (Å²) in [5.41, 5.74) is 0. The Labute approximate surface area is 152 Å². The van der Waals surface area contributed by atoms with Crippen LogP contribution >= 0.6 is 8.03 Å². The summed E-state index contributed by atoms with van der Waals surface area (Å²) in [6.45, 7) is 2.13. The minimum atomic E-state index is -2.06. The van der Waals surface area contributed by atoms with E-state index in [2.05, 4.69) is 6.92 Å². The number of aliphatic hydroxyl groups is 3. The molecule has 0 aromatic heterocycles. The van der Waals surface area contributed by atoms with Gasteiger partial charge in [-0.1, -0.05) is 50.5 Å². The summed E-state index contributed by atoms with van der Waals surface area (Å²) in [6.07, 6.45) is 12.7. The Balaban J connectivity index is 2.46. The molecule has 3 unspecified atom stereocenters. The summed E-state index contributed by atoms with van der Waals surface area (Å²) in [7, 11) is -2.06. The smallest absolute Gasteiger partial charge is 0.393 e. The number of unbranched alkanes of at least 4 members (excludes halogenated alkanes) is 3. The maximum atomic E-state index is 10.6. The fourth-order valence-electron chi connectivity index (χ4n) is 3.38. The highest BCUT2D eigenvalue weighted by Crippen LogP contribution is 2.36. The molecule has 0 heterocycles. The van der Waals surface area contributed by atoms with E-state index < -0.39 is 26.3 Å². The molecule has 0 aromatic rings. The van der Waals surface area contributed by atoms with Crippen molar-refractivity contribution in [3.05, 3.63) is 24.3 Å². The Morgan fingerprint density at radius 1 is 1.16 bits per heavy atom. The second-order valence-electron chi connectivity index (χ2n) is 6.98. The molecule has 1 aliphatic carbocycles. The lowest BCUT2D eigenvalue weighted by atomic mass is 9.89. The van der Waals surface area contributed by atoms with Crippen molar-refractivity contribution in [2.75, 3.05) is 6.16 Å². The third-order valence-electron chi connectivity index (χ3n) is 4.87. The number of hydrogen-bond donors (Lipinski definition) is 4. The first-order valence-electron chi connectivity index (χ1n) is 9.46. The first-order valence-corrected chi connectivity index (χ1v) is 10.9. The lowest BCUT2D eigenvalue weighted by molar-refractivity contribution is 0.120. The number of allylic oxidation sites excluding steroid dienone is 2. The molecule has 0 radical (unpaired) electrons. The quantitative estimate of drug-likeness (QED) is 0.239. The van der Waals surface area contributed by atoms with E-state index in [1.165, 1.54) is 0 Å². The van der Waals surface area contributed by atoms with Crippen LogP contribution in [0.5, 0.6) is 0 Å². The molecule has 6 heteroatoms. The van der Waals surface area contributed by atoms with Crippen LogP contribution in [0.3, 0.4) is 0 Å². The third-order valence-corrected chi connectivity index (χ3v) is 5.57. The molecule has 0 bridgehead atoms. The fourth-order valence-corrected chi connectivity index (χ4v) is 3.83. The van der Waals surface area contributed by atoms with Crippen molar-refractivity contribution >= 4 is 8.03 Å². The lowest BCUT2D eigenvalue weighted by Gasteiger charge is -2.19. The van der Waals surface area contributed by atoms with Crippen LogP contribution in [0.1, 0.15) is 58.3 Å². The van der Waals surface area contributed by atoms with Crippen molar-refractivity contribution in [2.24, 2.45) is 11.8 Å². The molecule has 144 valence electrons. The van der Waals surface area contributed by atoms with Crippen LogP contribution in [-0.2, 0) is 4.57 Å². The van der Waals surface area contributed by atoms with Gasteiger partial charge in [-0.05, 0) is 36.2 Å². The number of aliphatic hydroxyl groups excluding tert-OH is 3. The Bertz CT molecular complexity index is 438. The second kappa shape index (κ2) is 12.7. The zero-order chi connectivity index (χ0) is 18.7. The molecule has 5 nitrogen and oxygen atoms in total. The van der Waals surface area contributed by atoms with Gasteiger partial charge in [0.05, 0.1) is 18.3 Å². The van der Waals surface area contributed by atoms with Gasteiger partial charge in [-0.25, -0.2) is 0 Å². The van der Waals surface area contributed by atoms with Crippen molar-refractivity contribution in [2.45, 2.75) is 76.6 Å². The molecular formula is C19H34O5P+. The van der Waals surface area contributed by atoms with Crippen LogP contribution < -0.4 is 0 Å². The average Bonchev–Trinajstić information content (AvgIpc) is 2.82. The highest BCUT2D eigenvalue weighted by atomic mass is 31.1. The summed E-state index contributed by atoms with van der Waals surface area (Å²) >= 11 is 0. The van der Waals surface area contributed by atoms with Gasteiger partial charge >= 0.3 is 8.03 Å². The normalized spacial score (nSPS) is 28.9. The zero-order valence-corrected chi connectivity index (χ0v) is 16.1. The van der Waals surface area contributed by atoms with Gasteiger partial charge < -0.3 is 15.3 Å². The second-order valence-corrected chi connectivity index (χ2v) is 8.14. The van der Waals surface area contributed by atoms with E-state index in [0.717, 1.165) is 32.1 Å². The predicted molar refractivity (Wildman–Crippen MR) is 101 cm³/mol. The molecule has 1 rings (SSSR count). The van der Waals surface area contributed by atoms with Crippen molar-refractivity contribution in [3.63, 3.8) is 0 Å². The minimum absolute atomic E-state index is 0.0557. The molecule has 1 fully saturated rings. The van der Waals surface area contributed by atoms with Crippen LogP contribution in [0.15, 0.2) is 24.3 Å². The van der Waals surface area contributed by atoms with Gasteiger partial charge in [0.25, 0.3) is 0 Å². The Morgan fingerprint density at radius 2 is 1.92 bits per heavy atom. The highest BCUT2D eigenvalue weighted by Gasteiger charge is 2.39. The highest BCUT2D eigenvalue weighted by molar-refractivity contribution is 7.37. The molecule has 1 saturated carbocycles. The third kappa shape index (κ3) is 9.07. The summed E-state index contributed by atoms with van der Waals surface area (Å²) < 4.78 is 10.6. The summed E-state index contributed by atoms with van der Waals surface area (Å²) in [5.74, 6) is -0.202. The lowest BCUT2D eigenvalue weighted by Crippen LogP contribution is -2.20. The van der Waals surface area contributed by atoms with E-state index in [4.69, 9.17) is 4.89 Å². The molecule has 0 aromatic carbocycles. The summed E-state index contributed by atoms with van der Waals surface area (Å²) in [4.78, 5) is 8.75. The monoisotopic (exact) mass is 373 g/mol. The van der Waals surface area contributed by atoms with Gasteiger partial charge in [-0.2, -0.15) is 4.89 Å². The Morgan fingerprint density at radius 3 is 2.60 bits per heavy atom. The molecule has 0 amide bonds. The minimum Gasteiger partial charge on any atom is -0.393 e. The molecule has 6 atom stereocenters. The predicted octanol–water partition coefficient (Wildman–Crippen LogP) is 3.30. The molecule has 4 N–H and O–H groups in total. The maximum Gasteiger partial charge on any atom is 0.505 e. The zero-order valence-electron chi connectivity index (χ0n) is 15.2. The molecule has 1 aliphatic rings. The van der Waals surface area contributed by atoms with E-state index in [0.29, 0.717) is 25.4 Å². The van der Waals surface area contributed by atoms with Crippen LogP contribution in [-0.4, -0.2) is 44.7 Å². The van der Waals surface area contributed by atoms with Crippen LogP contribution in [0.4, 0.5) is 0 Å². The Hall–Kier alpha value is -0.580. The van der Waals surface area contributed by atoms with Gasteiger partial charge in [0, 0.05) is 12.3 Å². The average molecular weight is 373 g/mol. The van der Waals surface area contributed by atoms with Crippen molar-refractivity contribution < 1.29 is 24.8 Å². The number of hydrogen-bond acceptors (Lipinski definition) is 4. The first-order chi connectivity index (χ1) is 12.0. The largest absolute Gasteiger partial charge is 0.505 e. The van der Waals surface area contributed by atoms with Crippen LogP contribution in [0, 0.1) is 11.8 Å². The van der Waals surface area contributed by atoms with E-state index in [1.54, 1.807) is 6.08 Å². The fraction of sp³-hybridized carbons (Fsp3) is 0.789. The summed E-state index contributed by atoms with van der Waals surface area (Å²) in [6, 6.07) is 0. The Kier molecular flexibility index (Phi) is 11.4. The van der Waals surface area contributed by atoms with E-state index in [1.807, 2.05) is 18.2 Å². The van der Waals surface area contributed by atoms with Gasteiger partial charge in [0.2, 0.25) is 0 Å². The van der Waals surface area contributed by atoms with E-state index in [9.17, 15) is 19.9 Å². The standard InChI is InChI=1S/C19H33O5P/c1-2-3-6-9-15(20)11-12-17-16(18(21)14-19(17)22)10-7-4-5-8-13-25(23)24/h4,7,11-12,15-22H,2-3,5-6,8-10,13-14H2,1H3/p+1/b7-4-,12-11+/t15?,16-,17?,18+,19-/m1/s1.